The zero-order valence-corrected chi connectivity index (χ0v) is 13.1. The van der Waals surface area contributed by atoms with E-state index in [4.69, 9.17) is 0 Å². The van der Waals surface area contributed by atoms with Gasteiger partial charge in [0.1, 0.15) is 5.75 Å². The maximum absolute atomic E-state index is 10.4. The van der Waals surface area contributed by atoms with Crippen molar-refractivity contribution in [1.82, 2.24) is 4.98 Å². The van der Waals surface area contributed by atoms with Crippen LogP contribution in [0.4, 0.5) is 0 Å². The number of allylic oxidation sites excluding steroid dienone is 1. The van der Waals surface area contributed by atoms with E-state index in [2.05, 4.69) is 24.1 Å². The van der Waals surface area contributed by atoms with Crippen molar-refractivity contribution in [2.45, 2.75) is 39.0 Å². The summed E-state index contributed by atoms with van der Waals surface area (Å²) in [6.45, 7) is 2.08. The highest BCUT2D eigenvalue weighted by Gasteiger charge is 2.21. The Morgan fingerprint density at radius 2 is 1.82 bits per heavy atom. The smallest absolute Gasteiger partial charge is 0.123 e. The van der Waals surface area contributed by atoms with Crippen LogP contribution in [0, 0.1) is 12.8 Å². The fraction of sp³-hybridized carbons (Fsp3) is 0.350. The van der Waals surface area contributed by atoms with Gasteiger partial charge in [-0.2, -0.15) is 0 Å². The third-order valence-electron chi connectivity index (χ3n) is 4.54. The second-order valence-corrected chi connectivity index (χ2v) is 6.24. The van der Waals surface area contributed by atoms with E-state index < -0.39 is 0 Å². The molecule has 2 heteroatoms. The second kappa shape index (κ2) is 6.78. The highest BCUT2D eigenvalue weighted by atomic mass is 16.3. The summed E-state index contributed by atoms with van der Waals surface area (Å²) in [6, 6.07) is 9.93. The fourth-order valence-corrected chi connectivity index (χ4v) is 3.35. The lowest BCUT2D eigenvalue weighted by molar-refractivity contribution is 0.426. The van der Waals surface area contributed by atoms with Gasteiger partial charge in [0.05, 0.1) is 0 Å². The zero-order chi connectivity index (χ0) is 15.4. The lowest BCUT2D eigenvalue weighted by Crippen LogP contribution is -2.09. The molecule has 0 saturated heterocycles. The minimum Gasteiger partial charge on any atom is -0.507 e. The summed E-state index contributed by atoms with van der Waals surface area (Å²) in [5.74, 6) is 0.922. The summed E-state index contributed by atoms with van der Waals surface area (Å²) in [6.07, 6.45) is 12.2. The van der Waals surface area contributed by atoms with Crippen molar-refractivity contribution in [2.75, 3.05) is 0 Å². The molecule has 22 heavy (non-hydrogen) atoms. The predicted molar refractivity (Wildman–Crippen MR) is 91.5 cm³/mol. The monoisotopic (exact) mass is 293 g/mol. The number of hydrogen-bond acceptors (Lipinski definition) is 2. The molecule has 2 nitrogen and oxygen atoms in total. The molecule has 1 fully saturated rings. The maximum Gasteiger partial charge on any atom is 0.123 e. The first-order valence-corrected chi connectivity index (χ1v) is 8.15. The van der Waals surface area contributed by atoms with Gasteiger partial charge < -0.3 is 5.11 Å². The number of phenolic OH excluding ortho intramolecular Hbond substituents is 1. The van der Waals surface area contributed by atoms with Crippen LogP contribution in [-0.4, -0.2) is 10.1 Å². The van der Waals surface area contributed by atoms with Gasteiger partial charge in [-0.05, 0) is 61.1 Å². The number of phenols is 1. The number of hydrogen-bond donors (Lipinski definition) is 1. The SMILES string of the molecule is Cc1ccc(O)c(C(=Cc2ccncc2)C2CCCCC2)c1. The van der Waals surface area contributed by atoms with Crippen molar-refractivity contribution in [3.63, 3.8) is 0 Å². The van der Waals surface area contributed by atoms with Crippen LogP contribution < -0.4 is 0 Å². The van der Waals surface area contributed by atoms with Crippen LogP contribution in [0.15, 0.2) is 42.7 Å². The Bertz CT molecular complexity index is 655. The Morgan fingerprint density at radius 3 is 2.55 bits per heavy atom. The van der Waals surface area contributed by atoms with Crippen molar-refractivity contribution in [3.05, 3.63) is 59.4 Å². The molecular formula is C20H23NO. The number of rotatable bonds is 3. The summed E-state index contributed by atoms with van der Waals surface area (Å²) in [7, 11) is 0. The molecule has 0 spiro atoms. The van der Waals surface area contributed by atoms with Crippen molar-refractivity contribution in [2.24, 2.45) is 5.92 Å². The number of pyridine rings is 1. The van der Waals surface area contributed by atoms with Gasteiger partial charge in [-0.3, -0.25) is 4.98 Å². The normalized spacial score (nSPS) is 16.7. The van der Waals surface area contributed by atoms with Crippen molar-refractivity contribution in [3.8, 4) is 5.75 Å². The average molecular weight is 293 g/mol. The summed E-state index contributed by atoms with van der Waals surface area (Å²) in [5.41, 5.74) is 4.59. The van der Waals surface area contributed by atoms with Crippen LogP contribution in [0.2, 0.25) is 0 Å². The van der Waals surface area contributed by atoms with E-state index in [0.717, 1.165) is 11.1 Å². The van der Waals surface area contributed by atoms with Crippen molar-refractivity contribution >= 4 is 11.6 Å². The van der Waals surface area contributed by atoms with E-state index in [9.17, 15) is 5.11 Å². The van der Waals surface area contributed by atoms with Gasteiger partial charge in [-0.1, -0.05) is 37.0 Å². The van der Waals surface area contributed by atoms with Gasteiger partial charge >= 0.3 is 0 Å². The third-order valence-corrected chi connectivity index (χ3v) is 4.54. The summed E-state index contributed by atoms with van der Waals surface area (Å²) >= 11 is 0. The van der Waals surface area contributed by atoms with E-state index >= 15 is 0 Å². The molecule has 0 unspecified atom stereocenters. The van der Waals surface area contributed by atoms with Gasteiger partial charge in [0.15, 0.2) is 0 Å². The molecule has 0 radical (unpaired) electrons. The number of aryl methyl sites for hydroxylation is 1. The lowest BCUT2D eigenvalue weighted by Gasteiger charge is -2.25. The van der Waals surface area contributed by atoms with Gasteiger partial charge in [0.25, 0.3) is 0 Å². The Hall–Kier alpha value is -2.09. The van der Waals surface area contributed by atoms with Gasteiger partial charge in [0, 0.05) is 18.0 Å². The maximum atomic E-state index is 10.4. The Kier molecular flexibility index (Phi) is 4.57. The van der Waals surface area contributed by atoms with Crippen LogP contribution in [0.3, 0.4) is 0 Å². The topological polar surface area (TPSA) is 33.1 Å². The Morgan fingerprint density at radius 1 is 1.09 bits per heavy atom. The molecule has 114 valence electrons. The molecule has 1 aromatic carbocycles. The molecule has 1 aliphatic rings. The average Bonchev–Trinajstić information content (AvgIpc) is 2.57. The van der Waals surface area contributed by atoms with E-state index in [-0.39, 0.29) is 0 Å². The minimum atomic E-state index is 0.386. The molecule has 3 rings (SSSR count). The molecule has 1 aliphatic carbocycles. The first kappa shape index (κ1) is 14.8. The molecule has 0 bridgehead atoms. The van der Waals surface area contributed by atoms with Crippen LogP contribution >= 0.6 is 0 Å². The van der Waals surface area contributed by atoms with Crippen LogP contribution in [0.25, 0.3) is 11.6 Å². The van der Waals surface area contributed by atoms with Gasteiger partial charge in [0.2, 0.25) is 0 Å². The molecule has 2 aromatic rings. The zero-order valence-electron chi connectivity index (χ0n) is 13.1. The first-order valence-electron chi connectivity index (χ1n) is 8.15. The molecule has 0 atom stereocenters. The number of nitrogens with zero attached hydrogens (tertiary/aromatic N) is 1. The highest BCUT2D eigenvalue weighted by molar-refractivity contribution is 5.85. The predicted octanol–water partition coefficient (Wildman–Crippen LogP) is 5.22. The van der Waals surface area contributed by atoms with Crippen LogP contribution in [0.1, 0.15) is 48.8 Å². The van der Waals surface area contributed by atoms with Crippen LogP contribution in [-0.2, 0) is 0 Å². The quantitative estimate of drug-likeness (QED) is 0.842. The molecule has 1 aromatic heterocycles. The third kappa shape index (κ3) is 3.38. The fourth-order valence-electron chi connectivity index (χ4n) is 3.35. The summed E-state index contributed by atoms with van der Waals surface area (Å²) in [4.78, 5) is 4.09. The standard InChI is InChI=1S/C20H23NO/c1-15-7-8-20(22)19(13-15)18(17-5-3-2-4-6-17)14-16-9-11-21-12-10-16/h7-14,17,22H,2-6H2,1H3. The molecule has 1 heterocycles. The van der Waals surface area contributed by atoms with Crippen molar-refractivity contribution < 1.29 is 5.11 Å². The molecular weight excluding hydrogens is 270 g/mol. The van der Waals surface area contributed by atoms with E-state index in [1.54, 1.807) is 0 Å². The number of benzene rings is 1. The van der Waals surface area contributed by atoms with Gasteiger partial charge in [-0.15, -0.1) is 0 Å². The lowest BCUT2D eigenvalue weighted by atomic mass is 9.80. The summed E-state index contributed by atoms with van der Waals surface area (Å²) in [5, 5.41) is 10.4. The molecule has 1 N–H and O–H groups in total. The van der Waals surface area contributed by atoms with E-state index in [1.807, 2.05) is 36.7 Å². The molecule has 0 aliphatic heterocycles. The van der Waals surface area contributed by atoms with Crippen molar-refractivity contribution in [1.29, 1.82) is 0 Å². The largest absolute Gasteiger partial charge is 0.507 e. The van der Waals surface area contributed by atoms with Crippen LogP contribution in [0.5, 0.6) is 5.75 Å². The first-order chi connectivity index (χ1) is 10.7. The van der Waals surface area contributed by atoms with Gasteiger partial charge in [-0.25, -0.2) is 0 Å². The van der Waals surface area contributed by atoms with E-state index in [1.165, 1.54) is 43.2 Å². The Balaban J connectivity index is 2.06. The molecule has 0 amide bonds. The second-order valence-electron chi connectivity index (χ2n) is 6.24. The highest BCUT2D eigenvalue weighted by Crippen LogP contribution is 2.39. The number of aromatic nitrogens is 1. The molecule has 1 saturated carbocycles. The Labute approximate surface area is 132 Å². The minimum absolute atomic E-state index is 0.386. The van der Waals surface area contributed by atoms with E-state index in [0.29, 0.717) is 11.7 Å². The number of aromatic hydroxyl groups is 1. The summed E-state index contributed by atoms with van der Waals surface area (Å²) < 4.78 is 0.